The van der Waals surface area contributed by atoms with Crippen LogP contribution < -0.4 is 5.32 Å². The van der Waals surface area contributed by atoms with Gasteiger partial charge in [0.05, 0.1) is 12.2 Å². The van der Waals surface area contributed by atoms with E-state index < -0.39 is 0 Å². The highest BCUT2D eigenvalue weighted by molar-refractivity contribution is 5.94. The number of rotatable bonds is 4. The predicted octanol–water partition coefficient (Wildman–Crippen LogP) is 4.30. The summed E-state index contributed by atoms with van der Waals surface area (Å²) in [6.45, 7) is 2.34. The fourth-order valence-electron chi connectivity index (χ4n) is 7.22. The second kappa shape index (κ2) is 7.07. The van der Waals surface area contributed by atoms with E-state index in [9.17, 15) is 4.79 Å². The molecule has 1 aromatic heterocycles. The Morgan fingerprint density at radius 3 is 2.43 bits per heavy atom. The van der Waals surface area contributed by atoms with Gasteiger partial charge in [0.25, 0.3) is 5.91 Å². The van der Waals surface area contributed by atoms with E-state index in [1.807, 2.05) is 35.2 Å². The number of aromatic nitrogens is 2. The van der Waals surface area contributed by atoms with Crippen molar-refractivity contribution in [3.05, 3.63) is 53.5 Å². The van der Waals surface area contributed by atoms with E-state index in [0.29, 0.717) is 12.0 Å². The summed E-state index contributed by atoms with van der Waals surface area (Å²) in [6, 6.07) is 9.55. The minimum Gasteiger partial charge on any atom is -0.369 e. The van der Waals surface area contributed by atoms with Crippen LogP contribution in [0.25, 0.3) is 0 Å². The van der Waals surface area contributed by atoms with E-state index in [4.69, 9.17) is 0 Å². The number of hydrogen-bond acceptors (Lipinski definition) is 4. The maximum absolute atomic E-state index is 12.8. The number of carbonyl (C=O) groups excluding carboxylic acids is 1. The predicted molar refractivity (Wildman–Crippen MR) is 116 cm³/mol. The molecule has 0 radical (unpaired) electrons. The van der Waals surface area contributed by atoms with Crippen LogP contribution in [-0.2, 0) is 13.0 Å². The highest BCUT2D eigenvalue weighted by Crippen LogP contribution is 2.59. The Morgan fingerprint density at radius 2 is 1.73 bits per heavy atom. The zero-order chi connectivity index (χ0) is 20.1. The molecule has 30 heavy (non-hydrogen) atoms. The number of nitrogens with one attached hydrogen (secondary N) is 1. The standard InChI is InChI=1S/C25H30N4O/c30-24(20-4-2-1-3-5-20)29-7-6-21-22(14-29)27-16-28-23(21)26-15-25-11-17-8-18(12-25)10-19(9-17)13-25/h1-5,16-19H,6-15H2,(H,26,27,28). The lowest BCUT2D eigenvalue weighted by atomic mass is 9.49. The molecular formula is C25H30N4O. The van der Waals surface area contributed by atoms with Gasteiger partial charge in [-0.25, -0.2) is 9.97 Å². The molecule has 2 aromatic rings. The molecule has 5 heteroatoms. The molecule has 7 rings (SSSR count). The summed E-state index contributed by atoms with van der Waals surface area (Å²) in [5.74, 6) is 3.99. The van der Waals surface area contributed by atoms with Crippen LogP contribution in [0.4, 0.5) is 5.82 Å². The normalized spacial score (nSPS) is 31.5. The lowest BCUT2D eigenvalue weighted by Crippen LogP contribution is -2.49. The molecule has 1 aliphatic heterocycles. The summed E-state index contributed by atoms with van der Waals surface area (Å²) >= 11 is 0. The summed E-state index contributed by atoms with van der Waals surface area (Å²) in [5.41, 5.74) is 3.43. The van der Waals surface area contributed by atoms with Crippen molar-refractivity contribution in [3.63, 3.8) is 0 Å². The number of amides is 1. The third kappa shape index (κ3) is 3.19. The Morgan fingerprint density at radius 1 is 1.03 bits per heavy atom. The van der Waals surface area contributed by atoms with Gasteiger partial charge in [-0.1, -0.05) is 18.2 Å². The van der Waals surface area contributed by atoms with Crippen molar-refractivity contribution < 1.29 is 4.79 Å². The number of anilines is 1. The van der Waals surface area contributed by atoms with Crippen LogP contribution in [0.15, 0.2) is 36.7 Å². The third-order valence-corrected chi connectivity index (χ3v) is 8.11. The van der Waals surface area contributed by atoms with E-state index in [2.05, 4.69) is 15.3 Å². The second-order valence-electron chi connectivity index (χ2n) is 10.3. The summed E-state index contributed by atoms with van der Waals surface area (Å²) in [4.78, 5) is 23.9. The Labute approximate surface area is 178 Å². The van der Waals surface area contributed by atoms with Crippen LogP contribution >= 0.6 is 0 Å². The Kier molecular flexibility index (Phi) is 4.32. The van der Waals surface area contributed by atoms with Crippen LogP contribution in [0.1, 0.15) is 60.1 Å². The zero-order valence-corrected chi connectivity index (χ0v) is 17.5. The summed E-state index contributed by atoms with van der Waals surface area (Å²) in [5, 5.41) is 3.75. The van der Waals surface area contributed by atoms with Crippen LogP contribution in [0.5, 0.6) is 0 Å². The molecule has 5 aliphatic rings. The van der Waals surface area contributed by atoms with Gasteiger partial charge in [-0.15, -0.1) is 0 Å². The highest BCUT2D eigenvalue weighted by Gasteiger charge is 2.50. The van der Waals surface area contributed by atoms with Gasteiger partial charge in [-0.05, 0) is 80.2 Å². The molecule has 4 fully saturated rings. The van der Waals surface area contributed by atoms with Crippen LogP contribution in [0.3, 0.4) is 0 Å². The van der Waals surface area contributed by atoms with Gasteiger partial charge in [0, 0.05) is 24.2 Å². The average Bonchev–Trinajstić information content (AvgIpc) is 2.76. The van der Waals surface area contributed by atoms with Gasteiger partial charge in [-0.2, -0.15) is 0 Å². The number of benzene rings is 1. The number of fused-ring (bicyclic) bond motifs is 1. The highest BCUT2D eigenvalue weighted by atomic mass is 16.2. The minimum absolute atomic E-state index is 0.0861. The van der Waals surface area contributed by atoms with Crippen molar-refractivity contribution in [3.8, 4) is 0 Å². The molecule has 1 amide bonds. The molecule has 0 unspecified atom stereocenters. The molecule has 156 valence electrons. The molecule has 4 bridgehead atoms. The first-order valence-corrected chi connectivity index (χ1v) is 11.6. The Balaban J connectivity index is 1.17. The fourth-order valence-corrected chi connectivity index (χ4v) is 7.22. The number of carbonyl (C=O) groups is 1. The zero-order valence-electron chi connectivity index (χ0n) is 17.5. The first kappa shape index (κ1) is 18.3. The monoisotopic (exact) mass is 402 g/mol. The van der Waals surface area contributed by atoms with Crippen molar-refractivity contribution in [2.24, 2.45) is 23.2 Å². The quantitative estimate of drug-likeness (QED) is 0.828. The van der Waals surface area contributed by atoms with Gasteiger partial charge in [0.1, 0.15) is 12.1 Å². The van der Waals surface area contributed by atoms with Gasteiger partial charge in [0.2, 0.25) is 0 Å². The molecule has 1 aromatic carbocycles. The molecule has 0 spiro atoms. The molecule has 0 atom stereocenters. The van der Waals surface area contributed by atoms with Crippen LogP contribution in [-0.4, -0.2) is 33.9 Å². The van der Waals surface area contributed by atoms with Gasteiger partial charge >= 0.3 is 0 Å². The average molecular weight is 403 g/mol. The first-order chi connectivity index (χ1) is 14.7. The molecule has 1 N–H and O–H groups in total. The van der Waals surface area contributed by atoms with Crippen molar-refractivity contribution in [2.45, 2.75) is 51.5 Å². The molecule has 2 heterocycles. The molecule has 4 aliphatic carbocycles. The maximum Gasteiger partial charge on any atom is 0.254 e. The molecule has 0 saturated heterocycles. The van der Waals surface area contributed by atoms with Crippen molar-refractivity contribution >= 4 is 11.7 Å². The molecule has 5 nitrogen and oxygen atoms in total. The Hall–Kier alpha value is -2.43. The van der Waals surface area contributed by atoms with Gasteiger partial charge in [0.15, 0.2) is 0 Å². The van der Waals surface area contributed by atoms with Gasteiger partial charge in [-0.3, -0.25) is 4.79 Å². The summed E-state index contributed by atoms with van der Waals surface area (Å²) in [7, 11) is 0. The van der Waals surface area contributed by atoms with E-state index in [-0.39, 0.29) is 5.91 Å². The van der Waals surface area contributed by atoms with Crippen molar-refractivity contribution in [1.29, 1.82) is 0 Å². The summed E-state index contributed by atoms with van der Waals surface area (Å²) < 4.78 is 0. The second-order valence-corrected chi connectivity index (χ2v) is 10.3. The topological polar surface area (TPSA) is 58.1 Å². The SMILES string of the molecule is O=C(c1ccccc1)N1CCc2c(ncnc2NCC23CC4CC(CC(C4)C2)C3)C1. The van der Waals surface area contributed by atoms with Crippen molar-refractivity contribution in [2.75, 3.05) is 18.4 Å². The first-order valence-electron chi connectivity index (χ1n) is 11.6. The van der Waals surface area contributed by atoms with E-state index in [1.165, 1.54) is 44.1 Å². The number of nitrogens with zero attached hydrogens (tertiary/aromatic N) is 3. The Bertz CT molecular complexity index is 922. The smallest absolute Gasteiger partial charge is 0.254 e. The van der Waals surface area contributed by atoms with Crippen molar-refractivity contribution in [1.82, 2.24) is 14.9 Å². The minimum atomic E-state index is 0.0861. The van der Waals surface area contributed by atoms with E-state index in [1.54, 1.807) is 6.33 Å². The lowest BCUT2D eigenvalue weighted by Gasteiger charge is -2.57. The largest absolute Gasteiger partial charge is 0.369 e. The third-order valence-electron chi connectivity index (χ3n) is 8.11. The van der Waals surface area contributed by atoms with E-state index in [0.717, 1.165) is 54.3 Å². The number of hydrogen-bond donors (Lipinski definition) is 1. The van der Waals surface area contributed by atoms with Gasteiger partial charge < -0.3 is 10.2 Å². The fraction of sp³-hybridized carbons (Fsp3) is 0.560. The summed E-state index contributed by atoms with van der Waals surface area (Å²) in [6.07, 6.45) is 11.1. The van der Waals surface area contributed by atoms with Crippen LogP contribution in [0.2, 0.25) is 0 Å². The molecular weight excluding hydrogens is 372 g/mol. The molecule has 4 saturated carbocycles. The van der Waals surface area contributed by atoms with Crippen LogP contribution in [0, 0.1) is 23.2 Å². The maximum atomic E-state index is 12.8. The lowest BCUT2D eigenvalue weighted by molar-refractivity contribution is -0.0444. The van der Waals surface area contributed by atoms with E-state index >= 15 is 0 Å².